The summed E-state index contributed by atoms with van der Waals surface area (Å²) in [5, 5.41) is 13.1. The predicted molar refractivity (Wildman–Crippen MR) is 88.9 cm³/mol. The van der Waals surface area contributed by atoms with Gasteiger partial charge in [0, 0.05) is 18.0 Å². The monoisotopic (exact) mass is 318 g/mol. The van der Waals surface area contributed by atoms with E-state index in [4.69, 9.17) is 0 Å². The van der Waals surface area contributed by atoms with Crippen LogP contribution in [0.15, 0.2) is 24.3 Å². The molecule has 1 heterocycles. The number of hydrogen-bond acceptors (Lipinski definition) is 3. The van der Waals surface area contributed by atoms with Gasteiger partial charge in [0.05, 0.1) is 22.9 Å². The zero-order valence-electron chi connectivity index (χ0n) is 14.0. The molecule has 23 heavy (non-hydrogen) atoms. The van der Waals surface area contributed by atoms with E-state index in [2.05, 4.69) is 10.3 Å². The van der Waals surface area contributed by atoms with E-state index in [0.717, 1.165) is 5.39 Å². The third-order valence-electron chi connectivity index (χ3n) is 3.79. The first kappa shape index (κ1) is 17.3. The number of benzene rings is 1. The number of aliphatic hydroxyl groups excluding tert-OH is 1. The molecule has 1 atom stereocenters. The quantitative estimate of drug-likeness (QED) is 0.890. The molecule has 0 aliphatic carbocycles. The minimum Gasteiger partial charge on any atom is -0.393 e. The fraction of sp³-hybridized carbons (Fsp3) is 0.444. The van der Waals surface area contributed by atoms with E-state index in [1.54, 1.807) is 26.0 Å². The van der Waals surface area contributed by atoms with Crippen molar-refractivity contribution in [3.8, 4) is 0 Å². The Balaban J connectivity index is 2.18. The molecular weight excluding hydrogens is 295 g/mol. The summed E-state index contributed by atoms with van der Waals surface area (Å²) in [6.07, 6.45) is 0.183. The molecule has 1 unspecified atom stereocenters. The number of fused-ring (bicyclic) bond motifs is 1. The van der Waals surface area contributed by atoms with Crippen LogP contribution < -0.4 is 5.32 Å². The lowest BCUT2D eigenvalue weighted by molar-refractivity contribution is 0.0901. The Kier molecular flexibility index (Phi) is 5.00. The molecule has 0 aliphatic heterocycles. The van der Waals surface area contributed by atoms with Crippen molar-refractivity contribution >= 4 is 16.8 Å². The molecule has 0 radical (unpaired) electrons. The molecule has 0 bridgehead atoms. The summed E-state index contributed by atoms with van der Waals surface area (Å²) < 4.78 is 13.2. The van der Waals surface area contributed by atoms with Gasteiger partial charge in [-0.2, -0.15) is 0 Å². The summed E-state index contributed by atoms with van der Waals surface area (Å²) in [5.41, 5.74) is 1.38. The van der Waals surface area contributed by atoms with Gasteiger partial charge in [-0.05, 0) is 43.9 Å². The van der Waals surface area contributed by atoms with Gasteiger partial charge in [0.25, 0.3) is 5.91 Å². The van der Waals surface area contributed by atoms with E-state index in [1.165, 1.54) is 12.1 Å². The highest BCUT2D eigenvalue weighted by Gasteiger charge is 2.22. The topological polar surface area (TPSA) is 62.2 Å². The Bertz CT molecular complexity index is 726. The van der Waals surface area contributed by atoms with Crippen LogP contribution in [0.1, 0.15) is 43.2 Å². The molecule has 4 nitrogen and oxygen atoms in total. The van der Waals surface area contributed by atoms with Gasteiger partial charge in [0.15, 0.2) is 0 Å². The van der Waals surface area contributed by atoms with Crippen LogP contribution in [-0.4, -0.2) is 28.6 Å². The largest absolute Gasteiger partial charge is 0.393 e. The van der Waals surface area contributed by atoms with Gasteiger partial charge in [-0.15, -0.1) is 0 Å². The van der Waals surface area contributed by atoms with Gasteiger partial charge in [0.2, 0.25) is 0 Å². The van der Waals surface area contributed by atoms with E-state index in [-0.39, 0.29) is 17.1 Å². The lowest BCUT2D eigenvalue weighted by atomic mass is 9.87. The van der Waals surface area contributed by atoms with Crippen LogP contribution in [0.2, 0.25) is 0 Å². The Morgan fingerprint density at radius 1 is 1.39 bits per heavy atom. The summed E-state index contributed by atoms with van der Waals surface area (Å²) in [5.74, 6) is -0.554. The smallest absolute Gasteiger partial charge is 0.253 e. The maximum atomic E-state index is 13.2. The molecule has 1 aromatic heterocycles. The van der Waals surface area contributed by atoms with Crippen LogP contribution in [0.25, 0.3) is 10.9 Å². The second kappa shape index (κ2) is 6.62. The number of nitrogens with one attached hydrogen (secondary N) is 1. The third kappa shape index (κ3) is 4.48. The average molecular weight is 318 g/mol. The van der Waals surface area contributed by atoms with E-state index in [0.29, 0.717) is 29.7 Å². The van der Waals surface area contributed by atoms with Crippen LogP contribution >= 0.6 is 0 Å². The maximum absolute atomic E-state index is 13.2. The fourth-order valence-electron chi connectivity index (χ4n) is 2.75. The average Bonchev–Trinajstić information content (AvgIpc) is 2.42. The van der Waals surface area contributed by atoms with E-state index in [1.807, 2.05) is 13.8 Å². The Hall–Kier alpha value is -2.01. The third-order valence-corrected chi connectivity index (χ3v) is 3.79. The first-order valence-electron chi connectivity index (χ1n) is 7.71. The van der Waals surface area contributed by atoms with E-state index < -0.39 is 6.10 Å². The van der Waals surface area contributed by atoms with Crippen LogP contribution in [0.3, 0.4) is 0 Å². The van der Waals surface area contributed by atoms with Crippen molar-refractivity contribution in [1.29, 1.82) is 0 Å². The number of nitrogens with zero attached hydrogens (tertiary/aromatic N) is 1. The van der Waals surface area contributed by atoms with Gasteiger partial charge in [-0.25, -0.2) is 4.39 Å². The van der Waals surface area contributed by atoms with Gasteiger partial charge in [0.1, 0.15) is 5.82 Å². The van der Waals surface area contributed by atoms with Crippen molar-refractivity contribution in [1.82, 2.24) is 10.3 Å². The van der Waals surface area contributed by atoms with Crippen molar-refractivity contribution in [2.75, 3.05) is 6.54 Å². The van der Waals surface area contributed by atoms with Crippen LogP contribution in [0.5, 0.6) is 0 Å². The maximum Gasteiger partial charge on any atom is 0.253 e. The van der Waals surface area contributed by atoms with Crippen molar-refractivity contribution in [2.24, 2.45) is 5.41 Å². The highest BCUT2D eigenvalue weighted by Crippen LogP contribution is 2.22. The normalized spacial score (nSPS) is 13.1. The minimum absolute atomic E-state index is 0.203. The molecule has 1 aromatic carbocycles. The first-order valence-corrected chi connectivity index (χ1v) is 7.71. The molecule has 0 fully saturated rings. The first-order chi connectivity index (χ1) is 10.7. The van der Waals surface area contributed by atoms with Crippen molar-refractivity contribution < 1.29 is 14.3 Å². The number of carbonyl (C=O) groups is 1. The number of halogens is 1. The molecule has 0 aliphatic rings. The van der Waals surface area contributed by atoms with Gasteiger partial charge in [-0.1, -0.05) is 13.8 Å². The molecule has 0 spiro atoms. The number of pyridine rings is 1. The summed E-state index contributed by atoms with van der Waals surface area (Å²) in [6, 6.07) is 6.06. The van der Waals surface area contributed by atoms with E-state index in [9.17, 15) is 14.3 Å². The number of aliphatic hydroxyl groups is 1. The molecular formula is C18H23FN2O2. The SMILES string of the molecule is Cc1nc2cc(F)ccc2cc1C(=O)NCC(C)(C)CC(C)O. The minimum atomic E-state index is -0.416. The van der Waals surface area contributed by atoms with Crippen molar-refractivity contribution in [2.45, 2.75) is 40.2 Å². The number of hydrogen-bond donors (Lipinski definition) is 2. The Morgan fingerprint density at radius 2 is 2.09 bits per heavy atom. The Labute approximate surface area is 135 Å². The second-order valence-corrected chi connectivity index (χ2v) is 6.86. The lowest BCUT2D eigenvalue weighted by Gasteiger charge is -2.26. The van der Waals surface area contributed by atoms with Crippen LogP contribution in [-0.2, 0) is 0 Å². The highest BCUT2D eigenvalue weighted by molar-refractivity contribution is 5.98. The number of aromatic nitrogens is 1. The van der Waals surface area contributed by atoms with Gasteiger partial charge in [-0.3, -0.25) is 9.78 Å². The van der Waals surface area contributed by atoms with Gasteiger partial charge >= 0.3 is 0 Å². The standard InChI is InChI=1S/C18H23FN2O2/c1-11(22)9-18(3,4)10-20-17(23)15-7-13-5-6-14(19)8-16(13)21-12(15)2/h5-8,11,22H,9-10H2,1-4H3,(H,20,23). The highest BCUT2D eigenvalue weighted by atomic mass is 19.1. The summed E-state index contributed by atoms with van der Waals surface area (Å²) in [7, 11) is 0. The van der Waals surface area contributed by atoms with Crippen molar-refractivity contribution in [3.63, 3.8) is 0 Å². The number of carbonyl (C=O) groups excluding carboxylic acids is 1. The summed E-state index contributed by atoms with van der Waals surface area (Å²) in [6.45, 7) is 7.92. The van der Waals surface area contributed by atoms with Crippen LogP contribution in [0.4, 0.5) is 4.39 Å². The van der Waals surface area contributed by atoms with Gasteiger partial charge < -0.3 is 10.4 Å². The number of rotatable bonds is 5. The molecule has 5 heteroatoms. The number of amides is 1. The molecule has 124 valence electrons. The predicted octanol–water partition coefficient (Wildman–Crippen LogP) is 3.21. The van der Waals surface area contributed by atoms with Crippen LogP contribution in [0, 0.1) is 18.2 Å². The molecule has 1 amide bonds. The zero-order valence-corrected chi connectivity index (χ0v) is 14.0. The second-order valence-electron chi connectivity index (χ2n) is 6.86. The van der Waals surface area contributed by atoms with E-state index >= 15 is 0 Å². The Morgan fingerprint density at radius 3 is 2.74 bits per heavy atom. The molecule has 0 saturated carbocycles. The number of aryl methyl sites for hydroxylation is 1. The molecule has 0 saturated heterocycles. The molecule has 2 rings (SSSR count). The zero-order chi connectivity index (χ0) is 17.2. The summed E-state index contributed by atoms with van der Waals surface area (Å²) >= 11 is 0. The molecule has 2 aromatic rings. The summed E-state index contributed by atoms with van der Waals surface area (Å²) in [4.78, 5) is 16.7. The van der Waals surface area contributed by atoms with Crippen molar-refractivity contribution in [3.05, 3.63) is 41.3 Å². The fourth-order valence-corrected chi connectivity index (χ4v) is 2.75. The lowest BCUT2D eigenvalue weighted by Crippen LogP contribution is -2.36. The molecule has 2 N–H and O–H groups in total.